The first kappa shape index (κ1) is 17.2. The van der Waals surface area contributed by atoms with Crippen LogP contribution < -0.4 is 5.32 Å². The summed E-state index contributed by atoms with van der Waals surface area (Å²) in [4.78, 5) is 12.6. The van der Waals surface area contributed by atoms with Crippen molar-refractivity contribution in [3.05, 3.63) is 88.2 Å². The summed E-state index contributed by atoms with van der Waals surface area (Å²) in [5.41, 5.74) is 3.60. The Hall–Kier alpha value is -2.59. The third kappa shape index (κ3) is 4.09. The van der Waals surface area contributed by atoms with Gasteiger partial charge in [0.15, 0.2) is 0 Å². The third-order valence-corrected chi connectivity index (χ3v) is 4.47. The maximum absolute atomic E-state index is 12.6. The first-order chi connectivity index (χ1) is 12.2. The normalized spacial score (nSPS) is 10.6. The van der Waals surface area contributed by atoms with Crippen LogP contribution in [0.25, 0.3) is 0 Å². The van der Waals surface area contributed by atoms with Crippen LogP contribution >= 0.6 is 11.6 Å². The maximum Gasteiger partial charge on any atom is 0.255 e. The van der Waals surface area contributed by atoms with E-state index in [2.05, 4.69) is 22.5 Å². The number of carbonyl (C=O) groups is 1. The molecule has 0 bridgehead atoms. The second-order valence-electron chi connectivity index (χ2n) is 5.78. The minimum Gasteiger partial charge on any atom is -0.348 e. The van der Waals surface area contributed by atoms with E-state index < -0.39 is 0 Å². The van der Waals surface area contributed by atoms with E-state index in [4.69, 9.17) is 11.6 Å². The van der Waals surface area contributed by atoms with Crippen LogP contribution in [0.3, 0.4) is 0 Å². The third-order valence-electron chi connectivity index (χ3n) is 4.10. The summed E-state index contributed by atoms with van der Waals surface area (Å²) in [6, 6.07) is 17.6. The van der Waals surface area contributed by atoms with E-state index in [1.165, 1.54) is 0 Å². The lowest BCUT2D eigenvalue weighted by Crippen LogP contribution is -2.24. The first-order valence-corrected chi connectivity index (χ1v) is 8.67. The van der Waals surface area contributed by atoms with Crippen molar-refractivity contribution in [2.45, 2.75) is 26.4 Å². The highest BCUT2D eigenvalue weighted by Crippen LogP contribution is 2.16. The molecule has 0 aliphatic heterocycles. The molecule has 3 rings (SSSR count). The molecule has 0 atom stereocenters. The van der Waals surface area contributed by atoms with Crippen LogP contribution in [0.5, 0.6) is 0 Å². The van der Waals surface area contributed by atoms with Gasteiger partial charge in [-0.1, -0.05) is 67.1 Å². The van der Waals surface area contributed by atoms with E-state index in [9.17, 15) is 4.79 Å². The number of rotatable bonds is 6. The average molecular weight is 354 g/mol. The standard InChI is InChI=1S/C20H20ClN3O/c1-2-19-17(13-23-24(19)14-15-8-4-3-5-9-15)20(25)22-12-16-10-6-7-11-18(16)21/h3-11,13H,2,12,14H2,1H3,(H,22,25). The highest BCUT2D eigenvalue weighted by molar-refractivity contribution is 6.31. The van der Waals surface area contributed by atoms with Crippen molar-refractivity contribution in [3.8, 4) is 0 Å². The number of benzene rings is 2. The topological polar surface area (TPSA) is 46.9 Å². The van der Waals surface area contributed by atoms with Crippen molar-refractivity contribution >= 4 is 17.5 Å². The number of nitrogens with one attached hydrogen (secondary N) is 1. The predicted molar refractivity (Wildman–Crippen MR) is 99.8 cm³/mol. The molecule has 0 radical (unpaired) electrons. The van der Waals surface area contributed by atoms with Gasteiger partial charge in [-0.3, -0.25) is 9.48 Å². The molecule has 128 valence electrons. The minimum atomic E-state index is -0.129. The molecule has 0 unspecified atom stereocenters. The van der Waals surface area contributed by atoms with Crippen molar-refractivity contribution in [3.63, 3.8) is 0 Å². The highest BCUT2D eigenvalue weighted by Gasteiger charge is 2.16. The highest BCUT2D eigenvalue weighted by atomic mass is 35.5. The molecule has 1 amide bonds. The molecule has 5 heteroatoms. The fraction of sp³-hybridized carbons (Fsp3) is 0.200. The molecule has 0 fully saturated rings. The van der Waals surface area contributed by atoms with E-state index in [-0.39, 0.29) is 5.91 Å². The van der Waals surface area contributed by atoms with Crippen LogP contribution in [0.2, 0.25) is 5.02 Å². The van der Waals surface area contributed by atoms with Crippen LogP contribution in [0.15, 0.2) is 60.8 Å². The number of amides is 1. The zero-order valence-corrected chi connectivity index (χ0v) is 14.8. The fourth-order valence-corrected chi connectivity index (χ4v) is 2.98. The van der Waals surface area contributed by atoms with Crippen LogP contribution in [-0.2, 0) is 19.5 Å². The van der Waals surface area contributed by atoms with Crippen LogP contribution in [0, 0.1) is 0 Å². The van der Waals surface area contributed by atoms with Gasteiger partial charge in [0, 0.05) is 11.6 Å². The number of hydrogen-bond donors (Lipinski definition) is 1. The molecule has 0 aliphatic rings. The molecule has 4 nitrogen and oxygen atoms in total. The summed E-state index contributed by atoms with van der Waals surface area (Å²) < 4.78 is 1.89. The summed E-state index contributed by atoms with van der Waals surface area (Å²) in [5, 5.41) is 7.99. The van der Waals surface area contributed by atoms with Gasteiger partial charge in [0.1, 0.15) is 0 Å². The van der Waals surface area contributed by atoms with E-state index in [0.717, 1.165) is 23.2 Å². The molecule has 0 spiro atoms. The molecule has 25 heavy (non-hydrogen) atoms. The van der Waals surface area contributed by atoms with Gasteiger partial charge in [0.25, 0.3) is 5.91 Å². The molecule has 0 saturated carbocycles. The molecule has 0 aliphatic carbocycles. The first-order valence-electron chi connectivity index (χ1n) is 8.29. The van der Waals surface area contributed by atoms with Gasteiger partial charge in [-0.25, -0.2) is 0 Å². The number of aromatic nitrogens is 2. The number of hydrogen-bond acceptors (Lipinski definition) is 2. The Morgan fingerprint density at radius 3 is 2.56 bits per heavy atom. The van der Waals surface area contributed by atoms with Crippen molar-refractivity contribution in [1.29, 1.82) is 0 Å². The van der Waals surface area contributed by atoms with Crippen LogP contribution in [-0.4, -0.2) is 15.7 Å². The largest absolute Gasteiger partial charge is 0.348 e. The van der Waals surface area contributed by atoms with Crippen LogP contribution in [0.1, 0.15) is 34.1 Å². The van der Waals surface area contributed by atoms with Gasteiger partial charge in [-0.15, -0.1) is 0 Å². The summed E-state index contributed by atoms with van der Waals surface area (Å²) >= 11 is 6.14. The Bertz CT molecular complexity index is 858. The van der Waals surface area contributed by atoms with E-state index >= 15 is 0 Å². The maximum atomic E-state index is 12.6. The Labute approximate surface area is 152 Å². The second kappa shape index (κ2) is 7.99. The molecule has 2 aromatic carbocycles. The lowest BCUT2D eigenvalue weighted by molar-refractivity contribution is 0.0950. The predicted octanol–water partition coefficient (Wildman–Crippen LogP) is 4.08. The van der Waals surface area contributed by atoms with Crippen LogP contribution in [0.4, 0.5) is 0 Å². The lowest BCUT2D eigenvalue weighted by Gasteiger charge is -2.09. The lowest BCUT2D eigenvalue weighted by atomic mass is 10.1. The zero-order valence-electron chi connectivity index (χ0n) is 14.1. The van der Waals surface area contributed by atoms with Gasteiger partial charge in [-0.05, 0) is 23.6 Å². The number of halogens is 1. The summed E-state index contributed by atoms with van der Waals surface area (Å²) in [7, 11) is 0. The monoisotopic (exact) mass is 353 g/mol. The van der Waals surface area contributed by atoms with Gasteiger partial charge < -0.3 is 5.32 Å². The Kier molecular flexibility index (Phi) is 5.51. The molecular weight excluding hydrogens is 334 g/mol. The number of carbonyl (C=O) groups excluding carboxylic acids is 1. The van der Waals surface area contributed by atoms with E-state index in [1.54, 1.807) is 6.20 Å². The fourth-order valence-electron chi connectivity index (χ4n) is 2.78. The SMILES string of the molecule is CCc1c(C(=O)NCc2ccccc2Cl)cnn1Cc1ccccc1. The van der Waals surface area contributed by atoms with Gasteiger partial charge in [0.05, 0.1) is 24.0 Å². The summed E-state index contributed by atoms with van der Waals surface area (Å²) in [6.07, 6.45) is 2.38. The molecule has 1 N–H and O–H groups in total. The Morgan fingerprint density at radius 1 is 1.12 bits per heavy atom. The Balaban J connectivity index is 1.73. The van der Waals surface area contributed by atoms with Crippen molar-refractivity contribution in [2.75, 3.05) is 0 Å². The minimum absolute atomic E-state index is 0.129. The zero-order chi connectivity index (χ0) is 17.6. The second-order valence-corrected chi connectivity index (χ2v) is 6.18. The van der Waals surface area contributed by atoms with Gasteiger partial charge in [-0.2, -0.15) is 5.10 Å². The van der Waals surface area contributed by atoms with E-state index in [0.29, 0.717) is 23.7 Å². The van der Waals surface area contributed by atoms with Gasteiger partial charge >= 0.3 is 0 Å². The van der Waals surface area contributed by atoms with Crippen molar-refractivity contribution < 1.29 is 4.79 Å². The number of nitrogens with zero attached hydrogens (tertiary/aromatic N) is 2. The molecule has 0 saturated heterocycles. The smallest absolute Gasteiger partial charge is 0.255 e. The average Bonchev–Trinajstić information content (AvgIpc) is 3.04. The van der Waals surface area contributed by atoms with Crippen molar-refractivity contribution in [1.82, 2.24) is 15.1 Å². The van der Waals surface area contributed by atoms with E-state index in [1.807, 2.05) is 54.1 Å². The Morgan fingerprint density at radius 2 is 1.84 bits per heavy atom. The molecule has 1 aromatic heterocycles. The summed E-state index contributed by atoms with van der Waals surface area (Å²) in [6.45, 7) is 3.08. The summed E-state index contributed by atoms with van der Waals surface area (Å²) in [5.74, 6) is -0.129. The molecular formula is C20H20ClN3O. The molecule has 3 aromatic rings. The quantitative estimate of drug-likeness (QED) is 0.726. The van der Waals surface area contributed by atoms with Crippen molar-refractivity contribution in [2.24, 2.45) is 0 Å². The molecule has 1 heterocycles. The van der Waals surface area contributed by atoms with Gasteiger partial charge in [0.2, 0.25) is 0 Å².